The van der Waals surface area contributed by atoms with Crippen molar-refractivity contribution >= 4 is 11.7 Å². The quantitative estimate of drug-likeness (QED) is 0.798. The molecule has 0 heterocycles. The molecule has 0 bridgehead atoms. The van der Waals surface area contributed by atoms with Crippen molar-refractivity contribution in [1.29, 1.82) is 0 Å². The number of carbonyl (C=O) groups is 1. The molecular formula is C16H23NO2. The Morgan fingerprint density at radius 1 is 1.47 bits per heavy atom. The number of nitrogens with one attached hydrogen (secondary N) is 1. The van der Waals surface area contributed by atoms with E-state index in [4.69, 9.17) is 4.74 Å². The van der Waals surface area contributed by atoms with Gasteiger partial charge in [-0.1, -0.05) is 25.1 Å². The zero-order chi connectivity index (χ0) is 13.8. The maximum Gasteiger partial charge on any atom is 0.328 e. The van der Waals surface area contributed by atoms with Crippen LogP contribution in [0.15, 0.2) is 18.2 Å². The van der Waals surface area contributed by atoms with Gasteiger partial charge >= 0.3 is 5.97 Å². The van der Waals surface area contributed by atoms with Gasteiger partial charge in [-0.2, -0.15) is 0 Å². The fourth-order valence-corrected chi connectivity index (χ4v) is 2.11. The first-order valence-electron chi connectivity index (χ1n) is 7.13. The number of rotatable bonds is 6. The molecule has 3 nitrogen and oxygen atoms in total. The monoisotopic (exact) mass is 261 g/mol. The Morgan fingerprint density at radius 3 is 2.84 bits per heavy atom. The molecule has 0 aliphatic heterocycles. The predicted octanol–water partition coefficient (Wildman–Crippen LogP) is 3.31. The third-order valence-electron chi connectivity index (χ3n) is 3.61. The molecule has 19 heavy (non-hydrogen) atoms. The Hall–Kier alpha value is -1.51. The Labute approximate surface area is 115 Å². The number of carbonyl (C=O) groups excluding carboxylic acids is 1. The second-order valence-electron chi connectivity index (χ2n) is 5.40. The van der Waals surface area contributed by atoms with Gasteiger partial charge in [0.15, 0.2) is 0 Å². The molecule has 2 rings (SSSR count). The maximum atomic E-state index is 11.9. The molecule has 3 heteroatoms. The van der Waals surface area contributed by atoms with Gasteiger partial charge in [0.1, 0.15) is 6.04 Å². The topological polar surface area (TPSA) is 38.3 Å². The van der Waals surface area contributed by atoms with Crippen molar-refractivity contribution in [3.05, 3.63) is 29.3 Å². The van der Waals surface area contributed by atoms with E-state index in [0.717, 1.165) is 12.1 Å². The molecule has 0 amide bonds. The van der Waals surface area contributed by atoms with Gasteiger partial charge in [-0.15, -0.1) is 0 Å². The molecule has 1 atom stereocenters. The summed E-state index contributed by atoms with van der Waals surface area (Å²) in [5, 5.41) is 3.30. The van der Waals surface area contributed by atoms with Crippen molar-refractivity contribution in [1.82, 2.24) is 0 Å². The Kier molecular flexibility index (Phi) is 4.46. The average molecular weight is 261 g/mol. The van der Waals surface area contributed by atoms with E-state index in [1.807, 2.05) is 6.92 Å². The molecule has 104 valence electrons. The van der Waals surface area contributed by atoms with Gasteiger partial charge in [0.2, 0.25) is 0 Å². The Balaban J connectivity index is 1.96. The minimum atomic E-state index is -0.301. The average Bonchev–Trinajstić information content (AvgIpc) is 3.22. The van der Waals surface area contributed by atoms with Crippen LogP contribution in [0.4, 0.5) is 5.69 Å². The Bertz CT molecular complexity index is 452. The van der Waals surface area contributed by atoms with Crippen molar-refractivity contribution in [2.45, 2.75) is 46.1 Å². The van der Waals surface area contributed by atoms with Crippen LogP contribution in [0.2, 0.25) is 0 Å². The van der Waals surface area contributed by atoms with Crippen molar-refractivity contribution in [2.75, 3.05) is 11.9 Å². The summed E-state index contributed by atoms with van der Waals surface area (Å²) in [4.78, 5) is 11.9. The molecule has 1 aliphatic carbocycles. The standard InChI is InChI=1S/C16H23NO2/c1-4-14-7-5-6-11(2)15(14)17-12(3)16(18)19-10-13-8-9-13/h5-7,12-13,17H,4,8-10H2,1-3H3. The molecule has 0 spiro atoms. The molecule has 1 saturated carbocycles. The van der Waals surface area contributed by atoms with Crippen LogP contribution in [-0.4, -0.2) is 18.6 Å². The second-order valence-corrected chi connectivity index (χ2v) is 5.40. The lowest BCUT2D eigenvalue weighted by Crippen LogP contribution is -2.29. The summed E-state index contributed by atoms with van der Waals surface area (Å²) in [6.07, 6.45) is 3.35. The van der Waals surface area contributed by atoms with E-state index < -0.39 is 0 Å². The third-order valence-corrected chi connectivity index (χ3v) is 3.61. The predicted molar refractivity (Wildman–Crippen MR) is 77.3 cm³/mol. The fourth-order valence-electron chi connectivity index (χ4n) is 2.11. The lowest BCUT2D eigenvalue weighted by Gasteiger charge is -2.18. The number of para-hydroxylation sites is 1. The van der Waals surface area contributed by atoms with Gasteiger partial charge < -0.3 is 10.1 Å². The number of anilines is 1. The highest BCUT2D eigenvalue weighted by Gasteiger charge is 2.24. The van der Waals surface area contributed by atoms with Gasteiger partial charge in [-0.3, -0.25) is 0 Å². The largest absolute Gasteiger partial charge is 0.464 e. The lowest BCUT2D eigenvalue weighted by molar-refractivity contribution is -0.144. The van der Waals surface area contributed by atoms with Gasteiger partial charge in [0, 0.05) is 5.69 Å². The minimum Gasteiger partial charge on any atom is -0.464 e. The molecule has 1 fully saturated rings. The minimum absolute atomic E-state index is 0.155. The van der Waals surface area contributed by atoms with Crippen molar-refractivity contribution < 1.29 is 9.53 Å². The van der Waals surface area contributed by atoms with Crippen LogP contribution in [0.3, 0.4) is 0 Å². The van der Waals surface area contributed by atoms with Gasteiger partial charge in [-0.25, -0.2) is 4.79 Å². The molecule has 0 aromatic heterocycles. The SMILES string of the molecule is CCc1cccc(C)c1NC(C)C(=O)OCC1CC1. The zero-order valence-corrected chi connectivity index (χ0v) is 12.0. The highest BCUT2D eigenvalue weighted by Crippen LogP contribution is 2.29. The molecule has 0 radical (unpaired) electrons. The molecule has 0 saturated heterocycles. The first kappa shape index (κ1) is 13.9. The van der Waals surface area contributed by atoms with E-state index >= 15 is 0 Å². The normalized spacial score (nSPS) is 15.9. The fraction of sp³-hybridized carbons (Fsp3) is 0.562. The number of esters is 1. The van der Waals surface area contributed by atoms with E-state index in [9.17, 15) is 4.79 Å². The van der Waals surface area contributed by atoms with Crippen LogP contribution in [0.1, 0.15) is 37.8 Å². The maximum absolute atomic E-state index is 11.9. The van der Waals surface area contributed by atoms with E-state index in [-0.39, 0.29) is 12.0 Å². The Morgan fingerprint density at radius 2 is 2.21 bits per heavy atom. The molecule has 1 N–H and O–H groups in total. The summed E-state index contributed by atoms with van der Waals surface area (Å²) in [6.45, 7) is 6.63. The molecule has 1 aliphatic rings. The van der Waals surface area contributed by atoms with Crippen molar-refractivity contribution in [3.8, 4) is 0 Å². The summed E-state index contributed by atoms with van der Waals surface area (Å²) >= 11 is 0. The molecule has 1 unspecified atom stereocenters. The van der Waals surface area contributed by atoms with Crippen molar-refractivity contribution in [2.24, 2.45) is 5.92 Å². The summed E-state index contributed by atoms with van der Waals surface area (Å²) in [6, 6.07) is 5.90. The second kappa shape index (κ2) is 6.09. The number of ether oxygens (including phenoxy) is 1. The van der Waals surface area contributed by atoms with E-state index in [0.29, 0.717) is 12.5 Å². The van der Waals surface area contributed by atoms with Crippen LogP contribution >= 0.6 is 0 Å². The molecule has 1 aromatic rings. The number of aryl methyl sites for hydroxylation is 2. The van der Waals surface area contributed by atoms with Crippen LogP contribution in [0.5, 0.6) is 0 Å². The van der Waals surface area contributed by atoms with Crippen LogP contribution in [-0.2, 0) is 16.0 Å². The van der Waals surface area contributed by atoms with Crippen LogP contribution < -0.4 is 5.32 Å². The van der Waals surface area contributed by atoms with E-state index in [1.54, 1.807) is 0 Å². The van der Waals surface area contributed by atoms with Gasteiger partial charge in [0.25, 0.3) is 0 Å². The molecule has 1 aromatic carbocycles. The summed E-state index contributed by atoms with van der Waals surface area (Å²) in [5.41, 5.74) is 3.48. The molecular weight excluding hydrogens is 238 g/mol. The number of hydrogen-bond acceptors (Lipinski definition) is 3. The highest BCUT2D eigenvalue weighted by atomic mass is 16.5. The van der Waals surface area contributed by atoms with E-state index in [2.05, 4.69) is 37.4 Å². The first-order valence-corrected chi connectivity index (χ1v) is 7.13. The van der Waals surface area contributed by atoms with Crippen LogP contribution in [0, 0.1) is 12.8 Å². The highest BCUT2D eigenvalue weighted by molar-refractivity contribution is 5.79. The van der Waals surface area contributed by atoms with E-state index in [1.165, 1.54) is 24.0 Å². The summed E-state index contributed by atoms with van der Waals surface area (Å²) < 4.78 is 5.31. The summed E-state index contributed by atoms with van der Waals surface area (Å²) in [7, 11) is 0. The number of hydrogen-bond donors (Lipinski definition) is 1. The smallest absolute Gasteiger partial charge is 0.328 e. The lowest BCUT2D eigenvalue weighted by atomic mass is 10.1. The number of benzene rings is 1. The first-order chi connectivity index (χ1) is 9.11. The summed E-state index contributed by atoms with van der Waals surface area (Å²) in [5.74, 6) is 0.457. The van der Waals surface area contributed by atoms with Gasteiger partial charge in [-0.05, 0) is 50.2 Å². The third kappa shape index (κ3) is 3.72. The zero-order valence-electron chi connectivity index (χ0n) is 12.0. The van der Waals surface area contributed by atoms with Gasteiger partial charge in [0.05, 0.1) is 6.61 Å². The van der Waals surface area contributed by atoms with Crippen LogP contribution in [0.25, 0.3) is 0 Å². The van der Waals surface area contributed by atoms with Crippen molar-refractivity contribution in [3.63, 3.8) is 0 Å².